The van der Waals surface area contributed by atoms with Crippen molar-refractivity contribution < 1.29 is 22.7 Å². The van der Waals surface area contributed by atoms with Gasteiger partial charge in [0.15, 0.2) is 0 Å². The lowest BCUT2D eigenvalue weighted by atomic mass is 10.1. The van der Waals surface area contributed by atoms with Crippen molar-refractivity contribution in [3.63, 3.8) is 0 Å². The Balaban J connectivity index is 1.45. The molecule has 1 saturated heterocycles. The largest absolute Gasteiger partial charge is 0.494 e. The number of methoxy groups -OCH3 is 1. The molecule has 5 rings (SSSR count). The number of carbonyl (C=O) groups excluding carboxylic acids is 1. The van der Waals surface area contributed by atoms with Gasteiger partial charge in [0, 0.05) is 49.1 Å². The Hall–Kier alpha value is -3.94. The van der Waals surface area contributed by atoms with Crippen LogP contribution in [-0.2, 0) is 19.8 Å². The maximum atomic E-state index is 14.0. The van der Waals surface area contributed by atoms with Gasteiger partial charge in [-0.3, -0.25) is 14.4 Å². The van der Waals surface area contributed by atoms with Crippen LogP contribution in [0.15, 0.2) is 42.7 Å². The predicted octanol–water partition coefficient (Wildman–Crippen LogP) is 5.05. The van der Waals surface area contributed by atoms with Crippen molar-refractivity contribution in [1.82, 2.24) is 34.6 Å². The second-order valence-electron chi connectivity index (χ2n) is 10.6. The molecule has 3 heterocycles. The first-order chi connectivity index (χ1) is 20.4. The van der Waals surface area contributed by atoms with E-state index in [1.165, 1.54) is 30.0 Å². The molecule has 1 aliphatic heterocycles. The van der Waals surface area contributed by atoms with Crippen molar-refractivity contribution in [3.8, 4) is 22.7 Å². The van der Waals surface area contributed by atoms with Gasteiger partial charge in [0.05, 0.1) is 41.5 Å². The molecule has 1 N–H and O–H groups in total. The fraction of sp³-hybridized carbons (Fsp3) is 0.379. The van der Waals surface area contributed by atoms with Crippen LogP contribution in [0.1, 0.15) is 33.6 Å². The number of aryl methyl sites for hydroxylation is 1. The summed E-state index contributed by atoms with van der Waals surface area (Å²) in [4.78, 5) is 17.7. The minimum Gasteiger partial charge on any atom is -0.494 e. The standard InChI is InChI=1S/C29H32ClF3N8O2/c1-18-22(15-34-39(18)3)25-17-41(37-36-25)26-13-19(6-7-23(26)30)28(42)35-24-14-21(29(31,32)33)12-20(27(24)43-4)16-40-9-5-8-38(2)10-11-40/h6-7,12-15,17H,5,8-11,16H2,1-4H3,(H,35,42). The van der Waals surface area contributed by atoms with Gasteiger partial charge in [-0.25, -0.2) is 4.68 Å². The maximum absolute atomic E-state index is 14.0. The monoisotopic (exact) mass is 616 g/mol. The van der Waals surface area contributed by atoms with Crippen LogP contribution in [0.5, 0.6) is 5.75 Å². The summed E-state index contributed by atoms with van der Waals surface area (Å²) in [6, 6.07) is 6.50. The molecule has 14 heteroatoms. The minimum atomic E-state index is -4.62. The smallest absolute Gasteiger partial charge is 0.416 e. The van der Waals surface area contributed by atoms with E-state index in [2.05, 4.69) is 30.5 Å². The van der Waals surface area contributed by atoms with Gasteiger partial charge in [-0.05, 0) is 63.8 Å². The third kappa shape index (κ3) is 6.68. The molecule has 1 aliphatic rings. The van der Waals surface area contributed by atoms with Crippen molar-refractivity contribution in [2.24, 2.45) is 7.05 Å². The molecule has 0 radical (unpaired) electrons. The zero-order valence-corrected chi connectivity index (χ0v) is 25.0. The first-order valence-corrected chi connectivity index (χ1v) is 14.0. The molecular formula is C29H32ClF3N8O2. The lowest BCUT2D eigenvalue weighted by Gasteiger charge is -2.24. The topological polar surface area (TPSA) is 93.3 Å². The maximum Gasteiger partial charge on any atom is 0.416 e. The summed E-state index contributed by atoms with van der Waals surface area (Å²) in [5, 5.41) is 15.5. The van der Waals surface area contributed by atoms with Gasteiger partial charge in [0.25, 0.3) is 5.91 Å². The van der Waals surface area contributed by atoms with Crippen molar-refractivity contribution in [2.45, 2.75) is 26.1 Å². The zero-order chi connectivity index (χ0) is 30.9. The molecule has 0 aliphatic carbocycles. The molecule has 0 unspecified atom stereocenters. The van der Waals surface area contributed by atoms with Gasteiger partial charge < -0.3 is 15.0 Å². The van der Waals surface area contributed by atoms with Gasteiger partial charge >= 0.3 is 6.18 Å². The van der Waals surface area contributed by atoms with E-state index in [9.17, 15) is 18.0 Å². The third-order valence-electron chi connectivity index (χ3n) is 7.61. The van der Waals surface area contributed by atoms with Crippen LogP contribution in [0.4, 0.5) is 18.9 Å². The average Bonchev–Trinajstić information content (AvgIpc) is 3.51. The van der Waals surface area contributed by atoms with Gasteiger partial charge in [-0.15, -0.1) is 5.10 Å². The number of halogens is 4. The second-order valence-corrected chi connectivity index (χ2v) is 11.0. The number of benzene rings is 2. The van der Waals surface area contributed by atoms with Crippen molar-refractivity contribution in [1.29, 1.82) is 0 Å². The highest BCUT2D eigenvalue weighted by atomic mass is 35.5. The van der Waals surface area contributed by atoms with Crippen LogP contribution in [-0.4, -0.2) is 80.8 Å². The van der Waals surface area contributed by atoms with E-state index in [0.717, 1.165) is 49.4 Å². The number of nitrogens with one attached hydrogen (secondary N) is 1. The van der Waals surface area contributed by atoms with Crippen molar-refractivity contribution >= 4 is 23.2 Å². The third-order valence-corrected chi connectivity index (χ3v) is 7.93. The number of hydrogen-bond acceptors (Lipinski definition) is 7. The molecule has 0 spiro atoms. The van der Waals surface area contributed by atoms with Crippen LogP contribution in [0.3, 0.4) is 0 Å². The summed E-state index contributed by atoms with van der Waals surface area (Å²) in [6.45, 7) is 5.32. The first-order valence-electron chi connectivity index (χ1n) is 13.7. The number of hydrogen-bond donors (Lipinski definition) is 1. The Morgan fingerprint density at radius 2 is 1.91 bits per heavy atom. The molecule has 10 nitrogen and oxygen atoms in total. The van der Waals surface area contributed by atoms with Gasteiger partial charge in [0.2, 0.25) is 0 Å². The van der Waals surface area contributed by atoms with Gasteiger partial charge in [-0.1, -0.05) is 16.8 Å². The van der Waals surface area contributed by atoms with E-state index in [1.807, 2.05) is 21.0 Å². The number of rotatable bonds is 7. The first kappa shape index (κ1) is 30.5. The number of anilines is 1. The fourth-order valence-electron chi connectivity index (χ4n) is 5.08. The Bertz CT molecular complexity index is 1630. The Morgan fingerprint density at radius 1 is 1.12 bits per heavy atom. The van der Waals surface area contributed by atoms with E-state index < -0.39 is 17.6 Å². The van der Waals surface area contributed by atoms with E-state index >= 15 is 0 Å². The minimum absolute atomic E-state index is 0.0733. The number of nitrogens with zero attached hydrogens (tertiary/aromatic N) is 7. The predicted molar refractivity (Wildman–Crippen MR) is 157 cm³/mol. The highest BCUT2D eigenvalue weighted by Gasteiger charge is 2.33. The Kier molecular flexibility index (Phi) is 8.76. The summed E-state index contributed by atoms with van der Waals surface area (Å²) in [7, 11) is 5.22. The number of carbonyl (C=O) groups is 1. The summed E-state index contributed by atoms with van der Waals surface area (Å²) >= 11 is 6.45. The normalized spacial score (nSPS) is 15.0. The Morgan fingerprint density at radius 3 is 2.60 bits per heavy atom. The molecule has 0 bridgehead atoms. The number of amides is 1. The van der Waals surface area contributed by atoms with Gasteiger partial charge in [0.1, 0.15) is 11.4 Å². The van der Waals surface area contributed by atoms with Crippen LogP contribution >= 0.6 is 11.6 Å². The lowest BCUT2D eigenvalue weighted by molar-refractivity contribution is -0.137. The summed E-state index contributed by atoms with van der Waals surface area (Å²) in [5.41, 5.74) is 2.17. The van der Waals surface area contributed by atoms with E-state index in [-0.39, 0.29) is 23.5 Å². The molecule has 228 valence electrons. The molecule has 43 heavy (non-hydrogen) atoms. The number of alkyl halides is 3. The zero-order valence-electron chi connectivity index (χ0n) is 24.2. The molecule has 1 amide bonds. The van der Waals surface area contributed by atoms with E-state index in [0.29, 0.717) is 28.5 Å². The fourth-order valence-corrected chi connectivity index (χ4v) is 5.29. The molecule has 4 aromatic rings. The summed E-state index contributed by atoms with van der Waals surface area (Å²) in [5.74, 6) is -0.456. The number of likely N-dealkylation sites (N-methyl/N-ethyl adjacent to an activating group) is 1. The molecular weight excluding hydrogens is 585 g/mol. The highest BCUT2D eigenvalue weighted by molar-refractivity contribution is 6.32. The summed E-state index contributed by atoms with van der Waals surface area (Å²) < 4.78 is 50.6. The lowest BCUT2D eigenvalue weighted by Crippen LogP contribution is -2.29. The quantitative estimate of drug-likeness (QED) is 0.311. The molecule has 2 aromatic carbocycles. The van der Waals surface area contributed by atoms with E-state index in [4.69, 9.17) is 16.3 Å². The number of ether oxygens (including phenoxy) is 1. The molecule has 1 fully saturated rings. The highest BCUT2D eigenvalue weighted by Crippen LogP contribution is 2.39. The SMILES string of the molecule is COc1c(CN2CCCN(C)CC2)cc(C(F)(F)F)cc1NC(=O)c1ccc(Cl)c(-n2cc(-c3cnn(C)c3C)nn2)c1. The van der Waals surface area contributed by atoms with Crippen LogP contribution in [0.2, 0.25) is 5.02 Å². The van der Waals surface area contributed by atoms with Gasteiger partial charge in [-0.2, -0.15) is 18.3 Å². The number of aromatic nitrogens is 5. The van der Waals surface area contributed by atoms with Crippen LogP contribution in [0, 0.1) is 6.92 Å². The Labute approximate surface area is 252 Å². The van der Waals surface area contributed by atoms with Crippen LogP contribution < -0.4 is 10.1 Å². The molecule has 0 saturated carbocycles. The van der Waals surface area contributed by atoms with Crippen molar-refractivity contribution in [2.75, 3.05) is 45.7 Å². The second kappa shape index (κ2) is 12.3. The molecule has 0 atom stereocenters. The summed E-state index contributed by atoms with van der Waals surface area (Å²) in [6.07, 6.45) is -0.382. The molecule has 2 aromatic heterocycles. The van der Waals surface area contributed by atoms with E-state index in [1.54, 1.807) is 17.1 Å². The average molecular weight is 617 g/mol. The van der Waals surface area contributed by atoms with Crippen LogP contribution in [0.25, 0.3) is 16.9 Å². The van der Waals surface area contributed by atoms with Crippen molar-refractivity contribution in [3.05, 3.63) is 70.1 Å².